The van der Waals surface area contributed by atoms with Gasteiger partial charge in [0.1, 0.15) is 5.75 Å². The monoisotopic (exact) mass is 286 g/mol. The molecule has 1 rings (SSSR count). The van der Waals surface area contributed by atoms with Crippen molar-refractivity contribution in [1.29, 1.82) is 0 Å². The molecule has 0 amide bonds. The van der Waals surface area contributed by atoms with Gasteiger partial charge in [-0.25, -0.2) is 0 Å². The summed E-state index contributed by atoms with van der Waals surface area (Å²) in [4.78, 5) is 0. The molecule has 0 heterocycles. The van der Waals surface area contributed by atoms with Gasteiger partial charge in [-0.15, -0.1) is 0 Å². The molecule has 2 unspecified atom stereocenters. The van der Waals surface area contributed by atoms with E-state index in [4.69, 9.17) is 21.1 Å². The van der Waals surface area contributed by atoms with Gasteiger partial charge in [-0.2, -0.15) is 0 Å². The maximum atomic E-state index is 10.3. The van der Waals surface area contributed by atoms with E-state index in [2.05, 4.69) is 6.92 Å². The molecular weight excluding hydrogens is 264 g/mol. The molecule has 108 valence electrons. The van der Waals surface area contributed by atoms with Crippen molar-refractivity contribution in [1.82, 2.24) is 0 Å². The molecule has 0 aliphatic carbocycles. The number of hydrogen-bond acceptors (Lipinski definition) is 3. The number of hydrogen-bond donors (Lipinski definition) is 1. The average Bonchev–Trinajstić information content (AvgIpc) is 2.38. The molecule has 0 radical (unpaired) electrons. The van der Waals surface area contributed by atoms with E-state index >= 15 is 0 Å². The average molecular weight is 287 g/mol. The number of ether oxygens (including phenoxy) is 2. The van der Waals surface area contributed by atoms with Crippen LogP contribution in [0.15, 0.2) is 18.2 Å². The van der Waals surface area contributed by atoms with Gasteiger partial charge < -0.3 is 14.6 Å². The Morgan fingerprint density at radius 2 is 2.05 bits per heavy atom. The molecule has 0 fully saturated rings. The molecule has 4 heteroatoms. The Morgan fingerprint density at radius 3 is 2.63 bits per heavy atom. The first-order valence-corrected chi connectivity index (χ1v) is 7.12. The van der Waals surface area contributed by atoms with Gasteiger partial charge in [-0.3, -0.25) is 0 Å². The zero-order valence-electron chi connectivity index (χ0n) is 11.9. The SMILES string of the molecule is CCCC(OCC)C(O)Cc1cc(Cl)ccc1OC. The van der Waals surface area contributed by atoms with Gasteiger partial charge in [0.25, 0.3) is 0 Å². The summed E-state index contributed by atoms with van der Waals surface area (Å²) in [6.07, 6.45) is 1.62. The summed E-state index contributed by atoms with van der Waals surface area (Å²) in [5.41, 5.74) is 0.906. The number of rotatable bonds is 8. The van der Waals surface area contributed by atoms with Crippen LogP contribution < -0.4 is 4.74 Å². The van der Waals surface area contributed by atoms with E-state index in [9.17, 15) is 5.11 Å². The molecule has 19 heavy (non-hydrogen) atoms. The minimum absolute atomic E-state index is 0.140. The van der Waals surface area contributed by atoms with Gasteiger partial charge in [0.2, 0.25) is 0 Å². The summed E-state index contributed by atoms with van der Waals surface area (Å²) in [5, 5.41) is 11.0. The first-order chi connectivity index (χ1) is 9.12. The van der Waals surface area contributed by atoms with Crippen molar-refractivity contribution in [3.8, 4) is 5.75 Å². The van der Waals surface area contributed by atoms with Crippen LogP contribution in [-0.4, -0.2) is 31.0 Å². The van der Waals surface area contributed by atoms with Gasteiger partial charge in [-0.1, -0.05) is 24.9 Å². The Hall–Kier alpha value is -0.770. The molecule has 0 aliphatic heterocycles. The van der Waals surface area contributed by atoms with Gasteiger partial charge in [-0.05, 0) is 37.1 Å². The first-order valence-electron chi connectivity index (χ1n) is 6.74. The molecule has 0 spiro atoms. The molecule has 1 N–H and O–H groups in total. The van der Waals surface area contributed by atoms with E-state index in [1.54, 1.807) is 13.2 Å². The Balaban J connectivity index is 2.78. The predicted octanol–water partition coefficient (Wildman–Crippen LogP) is 3.46. The lowest BCUT2D eigenvalue weighted by Gasteiger charge is -2.23. The summed E-state index contributed by atoms with van der Waals surface area (Å²) in [6, 6.07) is 5.43. The molecule has 0 saturated heterocycles. The highest BCUT2D eigenvalue weighted by molar-refractivity contribution is 6.30. The van der Waals surface area contributed by atoms with Crippen molar-refractivity contribution in [3.05, 3.63) is 28.8 Å². The number of benzene rings is 1. The van der Waals surface area contributed by atoms with Crippen LogP contribution in [0.3, 0.4) is 0 Å². The summed E-state index contributed by atoms with van der Waals surface area (Å²) in [5.74, 6) is 0.746. The van der Waals surface area contributed by atoms with Crippen LogP contribution in [-0.2, 0) is 11.2 Å². The molecule has 1 aromatic rings. The van der Waals surface area contributed by atoms with Crippen molar-refractivity contribution in [3.63, 3.8) is 0 Å². The largest absolute Gasteiger partial charge is 0.496 e. The molecule has 2 atom stereocenters. The lowest BCUT2D eigenvalue weighted by molar-refractivity contribution is -0.0365. The fourth-order valence-electron chi connectivity index (χ4n) is 2.15. The number of halogens is 1. The topological polar surface area (TPSA) is 38.7 Å². The zero-order chi connectivity index (χ0) is 14.3. The maximum absolute atomic E-state index is 10.3. The highest BCUT2D eigenvalue weighted by Gasteiger charge is 2.20. The van der Waals surface area contributed by atoms with Gasteiger partial charge in [0.15, 0.2) is 0 Å². The summed E-state index contributed by atoms with van der Waals surface area (Å²) in [7, 11) is 1.62. The van der Waals surface area contributed by atoms with Gasteiger partial charge in [0, 0.05) is 18.1 Å². The molecule has 0 bridgehead atoms. The molecule has 0 saturated carbocycles. The summed E-state index contributed by atoms with van der Waals surface area (Å²) >= 11 is 5.99. The summed E-state index contributed by atoms with van der Waals surface area (Å²) in [6.45, 7) is 4.63. The third-order valence-corrected chi connectivity index (χ3v) is 3.29. The predicted molar refractivity (Wildman–Crippen MR) is 78.0 cm³/mol. The Kier molecular flexibility index (Phi) is 7.21. The highest BCUT2D eigenvalue weighted by Crippen LogP contribution is 2.25. The van der Waals surface area contributed by atoms with Crippen molar-refractivity contribution < 1.29 is 14.6 Å². The van der Waals surface area contributed by atoms with Crippen LogP contribution in [0.2, 0.25) is 5.02 Å². The van der Waals surface area contributed by atoms with Crippen LogP contribution in [0.1, 0.15) is 32.3 Å². The minimum atomic E-state index is -0.549. The smallest absolute Gasteiger partial charge is 0.122 e. The molecular formula is C15H23ClO3. The minimum Gasteiger partial charge on any atom is -0.496 e. The molecule has 3 nitrogen and oxygen atoms in total. The Bertz CT molecular complexity index is 376. The lowest BCUT2D eigenvalue weighted by Crippen LogP contribution is -2.31. The van der Waals surface area contributed by atoms with E-state index in [0.717, 1.165) is 24.2 Å². The van der Waals surface area contributed by atoms with E-state index in [1.807, 2.05) is 19.1 Å². The standard InChI is InChI=1S/C15H23ClO3/c1-4-6-15(19-5-2)13(17)10-11-9-12(16)7-8-14(11)18-3/h7-9,13,15,17H,4-6,10H2,1-3H3. The van der Waals surface area contributed by atoms with Crippen LogP contribution in [0, 0.1) is 0 Å². The maximum Gasteiger partial charge on any atom is 0.122 e. The van der Waals surface area contributed by atoms with Crippen molar-refractivity contribution in [2.24, 2.45) is 0 Å². The first kappa shape index (κ1) is 16.3. The number of aliphatic hydroxyl groups is 1. The Labute approximate surface area is 120 Å². The van der Waals surface area contributed by atoms with E-state index in [0.29, 0.717) is 18.1 Å². The van der Waals surface area contributed by atoms with Crippen LogP contribution in [0.4, 0.5) is 0 Å². The molecule has 1 aromatic carbocycles. The second kappa shape index (κ2) is 8.41. The van der Waals surface area contributed by atoms with Crippen LogP contribution in [0.5, 0.6) is 5.75 Å². The normalized spacial score (nSPS) is 14.2. The van der Waals surface area contributed by atoms with E-state index in [1.165, 1.54) is 0 Å². The molecule has 0 aliphatic rings. The van der Waals surface area contributed by atoms with Crippen LogP contribution >= 0.6 is 11.6 Å². The third kappa shape index (κ3) is 5.01. The van der Waals surface area contributed by atoms with E-state index < -0.39 is 6.10 Å². The third-order valence-electron chi connectivity index (χ3n) is 3.05. The second-order valence-corrected chi connectivity index (χ2v) is 4.95. The number of methoxy groups -OCH3 is 1. The molecule has 0 aromatic heterocycles. The van der Waals surface area contributed by atoms with Gasteiger partial charge in [0.05, 0.1) is 19.3 Å². The fraction of sp³-hybridized carbons (Fsp3) is 0.600. The van der Waals surface area contributed by atoms with Crippen molar-refractivity contribution in [2.45, 2.75) is 45.3 Å². The van der Waals surface area contributed by atoms with Crippen LogP contribution in [0.25, 0.3) is 0 Å². The second-order valence-electron chi connectivity index (χ2n) is 4.51. The number of aliphatic hydroxyl groups excluding tert-OH is 1. The van der Waals surface area contributed by atoms with Crippen molar-refractivity contribution >= 4 is 11.6 Å². The quantitative estimate of drug-likeness (QED) is 0.795. The van der Waals surface area contributed by atoms with E-state index in [-0.39, 0.29) is 6.10 Å². The van der Waals surface area contributed by atoms with Crippen molar-refractivity contribution in [2.75, 3.05) is 13.7 Å². The highest BCUT2D eigenvalue weighted by atomic mass is 35.5. The zero-order valence-corrected chi connectivity index (χ0v) is 12.6. The summed E-state index contributed by atoms with van der Waals surface area (Å²) < 4.78 is 10.9. The van der Waals surface area contributed by atoms with Gasteiger partial charge >= 0.3 is 0 Å². The lowest BCUT2D eigenvalue weighted by atomic mass is 10.00. The Morgan fingerprint density at radius 1 is 1.32 bits per heavy atom. The fourth-order valence-corrected chi connectivity index (χ4v) is 2.34.